The molecular weight excluding hydrogens is 220 g/mol. The smallest absolute Gasteiger partial charge is 0.166 e. The topological polar surface area (TPSA) is 33.3 Å². The van der Waals surface area contributed by atoms with Gasteiger partial charge in [-0.2, -0.15) is 0 Å². The van der Waals surface area contributed by atoms with Gasteiger partial charge in [0.1, 0.15) is 0 Å². The highest BCUT2D eigenvalue weighted by atomic mass is 32.1. The third kappa shape index (κ3) is 5.66. The zero-order valence-electron chi connectivity index (χ0n) is 10.6. The fourth-order valence-corrected chi connectivity index (χ4v) is 2.19. The van der Waals surface area contributed by atoms with Gasteiger partial charge in [-0.1, -0.05) is 19.8 Å². The quantitative estimate of drug-likeness (QED) is 0.672. The van der Waals surface area contributed by atoms with E-state index in [0.29, 0.717) is 12.6 Å². The van der Waals surface area contributed by atoms with Crippen molar-refractivity contribution < 1.29 is 4.74 Å². The van der Waals surface area contributed by atoms with Crippen LogP contribution in [0.25, 0.3) is 0 Å². The highest BCUT2D eigenvalue weighted by molar-refractivity contribution is 7.80. The van der Waals surface area contributed by atoms with Crippen molar-refractivity contribution in [1.82, 2.24) is 10.6 Å². The van der Waals surface area contributed by atoms with Crippen LogP contribution in [0.2, 0.25) is 0 Å². The Morgan fingerprint density at radius 3 is 2.62 bits per heavy atom. The van der Waals surface area contributed by atoms with E-state index in [1.54, 1.807) is 7.11 Å². The van der Waals surface area contributed by atoms with Gasteiger partial charge in [-0.15, -0.1) is 0 Å². The average Bonchev–Trinajstić information content (AvgIpc) is 3.00. The molecule has 1 fully saturated rings. The summed E-state index contributed by atoms with van der Waals surface area (Å²) in [7, 11) is 1.70. The molecule has 2 unspecified atom stereocenters. The molecule has 1 aliphatic carbocycles. The summed E-state index contributed by atoms with van der Waals surface area (Å²) in [5, 5.41) is 7.39. The van der Waals surface area contributed by atoms with Crippen LogP contribution < -0.4 is 10.6 Å². The normalized spacial score (nSPS) is 18.9. The summed E-state index contributed by atoms with van der Waals surface area (Å²) in [5.41, 5.74) is 0. The Kier molecular flexibility index (Phi) is 6.06. The molecule has 2 N–H and O–H groups in total. The van der Waals surface area contributed by atoms with Gasteiger partial charge in [-0.25, -0.2) is 0 Å². The molecule has 2 atom stereocenters. The summed E-state index contributed by atoms with van der Waals surface area (Å²) >= 11 is 5.28. The highest BCUT2D eigenvalue weighted by Gasteiger charge is 2.25. The summed E-state index contributed by atoms with van der Waals surface area (Å²) in [6.07, 6.45) is 5.20. The van der Waals surface area contributed by atoms with Crippen LogP contribution in [0, 0.1) is 5.92 Å². The molecule has 0 radical (unpaired) electrons. The van der Waals surface area contributed by atoms with E-state index in [9.17, 15) is 0 Å². The number of hydrogen-bond donors (Lipinski definition) is 2. The maximum Gasteiger partial charge on any atom is 0.166 e. The molecule has 0 bridgehead atoms. The largest absolute Gasteiger partial charge is 0.383 e. The van der Waals surface area contributed by atoms with E-state index in [1.807, 2.05) is 0 Å². The minimum Gasteiger partial charge on any atom is -0.383 e. The molecule has 0 aromatic rings. The predicted molar refractivity (Wildman–Crippen MR) is 71.6 cm³/mol. The van der Waals surface area contributed by atoms with Gasteiger partial charge >= 0.3 is 0 Å². The molecule has 3 nitrogen and oxygen atoms in total. The molecule has 1 rings (SSSR count). The number of hydrogen-bond acceptors (Lipinski definition) is 2. The molecule has 0 aliphatic heterocycles. The molecule has 94 valence electrons. The van der Waals surface area contributed by atoms with Crippen molar-refractivity contribution in [3.8, 4) is 0 Å². The van der Waals surface area contributed by atoms with E-state index in [-0.39, 0.29) is 6.04 Å². The third-order valence-corrected chi connectivity index (χ3v) is 3.17. The van der Waals surface area contributed by atoms with Gasteiger partial charge in [-0.3, -0.25) is 0 Å². The van der Waals surface area contributed by atoms with Crippen LogP contribution in [0.4, 0.5) is 0 Å². The number of rotatable bonds is 7. The molecule has 4 heteroatoms. The molecular formula is C12H24N2OS. The van der Waals surface area contributed by atoms with Gasteiger partial charge in [0, 0.05) is 19.2 Å². The van der Waals surface area contributed by atoms with Crippen LogP contribution in [-0.2, 0) is 4.74 Å². The van der Waals surface area contributed by atoms with Crippen LogP contribution in [0.1, 0.15) is 39.5 Å². The minimum atomic E-state index is 0.267. The fraction of sp³-hybridized carbons (Fsp3) is 0.917. The third-order valence-electron chi connectivity index (χ3n) is 2.94. The zero-order valence-corrected chi connectivity index (χ0v) is 11.4. The van der Waals surface area contributed by atoms with Gasteiger partial charge in [0.25, 0.3) is 0 Å². The summed E-state index contributed by atoms with van der Waals surface area (Å²) in [4.78, 5) is 0. The Balaban J connectivity index is 2.19. The lowest BCUT2D eigenvalue weighted by atomic mass is 10.1. The molecule has 0 saturated heterocycles. The van der Waals surface area contributed by atoms with Gasteiger partial charge < -0.3 is 15.4 Å². The lowest BCUT2D eigenvalue weighted by Crippen LogP contribution is -2.46. The Labute approximate surface area is 104 Å². The van der Waals surface area contributed by atoms with Gasteiger partial charge in [-0.05, 0) is 37.9 Å². The van der Waals surface area contributed by atoms with E-state index in [4.69, 9.17) is 17.0 Å². The first kappa shape index (κ1) is 13.7. The molecule has 0 spiro atoms. The highest BCUT2D eigenvalue weighted by Crippen LogP contribution is 2.33. The predicted octanol–water partition coefficient (Wildman–Crippen LogP) is 2.06. The SMILES string of the molecule is CCC(CC1CC1)NC(=S)NC(C)COC. The first-order chi connectivity index (χ1) is 7.65. The van der Waals surface area contributed by atoms with E-state index < -0.39 is 0 Å². The summed E-state index contributed by atoms with van der Waals surface area (Å²) < 4.78 is 5.06. The molecule has 1 saturated carbocycles. The van der Waals surface area contributed by atoms with Crippen LogP contribution in [0.3, 0.4) is 0 Å². The van der Waals surface area contributed by atoms with Crippen LogP contribution in [0.5, 0.6) is 0 Å². The minimum absolute atomic E-state index is 0.267. The Hall–Kier alpha value is -0.350. The summed E-state index contributed by atoms with van der Waals surface area (Å²) in [6, 6.07) is 0.797. The lowest BCUT2D eigenvalue weighted by Gasteiger charge is -2.21. The van der Waals surface area contributed by atoms with E-state index in [0.717, 1.165) is 17.5 Å². The lowest BCUT2D eigenvalue weighted by molar-refractivity contribution is 0.179. The summed E-state index contributed by atoms with van der Waals surface area (Å²) in [5.74, 6) is 0.941. The average molecular weight is 244 g/mol. The van der Waals surface area contributed by atoms with Crippen molar-refractivity contribution in [2.24, 2.45) is 5.92 Å². The Bertz CT molecular complexity index is 219. The Morgan fingerprint density at radius 2 is 2.12 bits per heavy atom. The van der Waals surface area contributed by atoms with Crippen molar-refractivity contribution in [3.63, 3.8) is 0 Å². The summed E-state index contributed by atoms with van der Waals surface area (Å²) in [6.45, 7) is 4.96. The molecule has 1 aliphatic rings. The molecule has 0 aromatic heterocycles. The number of methoxy groups -OCH3 is 1. The number of nitrogens with one attached hydrogen (secondary N) is 2. The van der Waals surface area contributed by atoms with Gasteiger partial charge in [0.05, 0.1) is 6.61 Å². The van der Waals surface area contributed by atoms with E-state index >= 15 is 0 Å². The molecule has 0 amide bonds. The Morgan fingerprint density at radius 1 is 1.44 bits per heavy atom. The van der Waals surface area contributed by atoms with Crippen molar-refractivity contribution in [1.29, 1.82) is 0 Å². The first-order valence-electron chi connectivity index (χ1n) is 6.21. The molecule has 16 heavy (non-hydrogen) atoms. The van der Waals surface area contributed by atoms with Crippen molar-refractivity contribution >= 4 is 17.3 Å². The van der Waals surface area contributed by atoms with Crippen LogP contribution in [0.15, 0.2) is 0 Å². The maximum absolute atomic E-state index is 5.28. The van der Waals surface area contributed by atoms with E-state index in [2.05, 4.69) is 24.5 Å². The van der Waals surface area contributed by atoms with E-state index in [1.165, 1.54) is 19.3 Å². The standard InChI is InChI=1S/C12H24N2OS/c1-4-11(7-10-5-6-10)14-12(16)13-9(2)8-15-3/h9-11H,4-8H2,1-3H3,(H2,13,14,16). The second-order valence-electron chi connectivity index (χ2n) is 4.76. The molecule has 0 aromatic carbocycles. The second kappa shape index (κ2) is 7.07. The van der Waals surface area contributed by atoms with Gasteiger partial charge in [0.15, 0.2) is 5.11 Å². The van der Waals surface area contributed by atoms with Crippen molar-refractivity contribution in [2.45, 2.75) is 51.6 Å². The first-order valence-corrected chi connectivity index (χ1v) is 6.62. The second-order valence-corrected chi connectivity index (χ2v) is 5.17. The van der Waals surface area contributed by atoms with Crippen LogP contribution in [-0.4, -0.2) is 30.9 Å². The molecule has 0 heterocycles. The fourth-order valence-electron chi connectivity index (χ4n) is 1.83. The van der Waals surface area contributed by atoms with Gasteiger partial charge in [0.2, 0.25) is 0 Å². The number of thiocarbonyl (C=S) groups is 1. The maximum atomic E-state index is 5.28. The zero-order chi connectivity index (χ0) is 12.0. The van der Waals surface area contributed by atoms with Crippen molar-refractivity contribution in [2.75, 3.05) is 13.7 Å². The number of ether oxygens (including phenoxy) is 1. The van der Waals surface area contributed by atoms with Crippen LogP contribution >= 0.6 is 12.2 Å². The monoisotopic (exact) mass is 244 g/mol. The van der Waals surface area contributed by atoms with Crippen molar-refractivity contribution in [3.05, 3.63) is 0 Å².